The minimum Gasteiger partial charge on any atom is -0.300 e. The Morgan fingerprint density at radius 2 is 1.92 bits per heavy atom. The van der Waals surface area contributed by atoms with Crippen LogP contribution in [-0.4, -0.2) is 21.5 Å². The van der Waals surface area contributed by atoms with Crippen LogP contribution < -0.4 is 0 Å². The van der Waals surface area contributed by atoms with Crippen molar-refractivity contribution in [3.8, 4) is 0 Å². The number of rotatable bonds is 3. The third-order valence-electron chi connectivity index (χ3n) is 1.55. The lowest BCUT2D eigenvalue weighted by atomic mass is 10.1. The van der Waals surface area contributed by atoms with Gasteiger partial charge in [-0.1, -0.05) is 0 Å². The van der Waals surface area contributed by atoms with Crippen molar-refractivity contribution >= 4 is 11.6 Å². The van der Waals surface area contributed by atoms with Crippen LogP contribution in [0.25, 0.3) is 0 Å². The van der Waals surface area contributed by atoms with Crippen molar-refractivity contribution < 1.29 is 9.59 Å². The van der Waals surface area contributed by atoms with E-state index in [0.29, 0.717) is 5.69 Å². The predicted molar refractivity (Wildman–Crippen MR) is 46.4 cm³/mol. The second-order valence-corrected chi connectivity index (χ2v) is 2.79. The topological polar surface area (TPSA) is 59.9 Å². The van der Waals surface area contributed by atoms with E-state index in [1.165, 1.54) is 19.3 Å². The monoisotopic (exact) mass is 178 g/mol. The van der Waals surface area contributed by atoms with E-state index < -0.39 is 0 Å². The normalized spacial score (nSPS) is 9.69. The van der Waals surface area contributed by atoms with Gasteiger partial charge in [0.05, 0.1) is 12.1 Å². The number of ketones is 2. The van der Waals surface area contributed by atoms with Crippen molar-refractivity contribution in [1.29, 1.82) is 0 Å². The van der Waals surface area contributed by atoms with Gasteiger partial charge in [-0.3, -0.25) is 14.6 Å². The molecule has 0 amide bonds. The summed E-state index contributed by atoms with van der Waals surface area (Å²) in [5.41, 5.74) is 0.853. The van der Waals surface area contributed by atoms with E-state index in [1.54, 1.807) is 6.92 Å². The second-order valence-electron chi connectivity index (χ2n) is 2.79. The molecule has 0 atom stereocenters. The molecule has 0 fully saturated rings. The SMILES string of the molecule is CC(=O)CC(=O)c1nccnc1C. The van der Waals surface area contributed by atoms with Crippen molar-refractivity contribution in [1.82, 2.24) is 9.97 Å². The molecule has 0 aliphatic rings. The van der Waals surface area contributed by atoms with Gasteiger partial charge in [-0.2, -0.15) is 0 Å². The van der Waals surface area contributed by atoms with Crippen LogP contribution in [0.5, 0.6) is 0 Å². The summed E-state index contributed by atoms with van der Waals surface area (Å²) in [7, 11) is 0. The molecule has 68 valence electrons. The molecule has 0 aromatic carbocycles. The molecule has 0 aliphatic heterocycles. The minimum atomic E-state index is -0.266. The molecule has 0 N–H and O–H groups in total. The Labute approximate surface area is 76.0 Å². The van der Waals surface area contributed by atoms with Crippen molar-refractivity contribution in [2.45, 2.75) is 20.3 Å². The Morgan fingerprint density at radius 3 is 2.46 bits per heavy atom. The average molecular weight is 178 g/mol. The predicted octanol–water partition coefficient (Wildman–Crippen LogP) is 0.947. The molecule has 0 saturated carbocycles. The fourth-order valence-corrected chi connectivity index (χ4v) is 0.991. The van der Waals surface area contributed by atoms with E-state index in [-0.39, 0.29) is 23.7 Å². The molecular formula is C9H10N2O2. The number of hydrogen-bond donors (Lipinski definition) is 0. The maximum absolute atomic E-state index is 11.4. The fourth-order valence-electron chi connectivity index (χ4n) is 0.991. The summed E-state index contributed by atoms with van der Waals surface area (Å²) in [6.07, 6.45) is 2.86. The molecule has 0 aliphatic carbocycles. The highest BCUT2D eigenvalue weighted by atomic mass is 16.1. The van der Waals surface area contributed by atoms with Gasteiger partial charge in [-0.05, 0) is 13.8 Å². The average Bonchev–Trinajstić information content (AvgIpc) is 2.03. The number of carbonyl (C=O) groups is 2. The van der Waals surface area contributed by atoms with Gasteiger partial charge >= 0.3 is 0 Å². The summed E-state index contributed by atoms with van der Waals surface area (Å²) in [4.78, 5) is 29.8. The van der Waals surface area contributed by atoms with Gasteiger partial charge in [0.1, 0.15) is 11.5 Å². The Balaban J connectivity index is 2.89. The van der Waals surface area contributed by atoms with Gasteiger partial charge in [-0.25, -0.2) is 4.98 Å². The summed E-state index contributed by atoms with van der Waals surface area (Å²) in [6, 6.07) is 0. The third kappa shape index (κ3) is 2.43. The van der Waals surface area contributed by atoms with E-state index in [1.807, 2.05) is 0 Å². The molecule has 0 radical (unpaired) electrons. The largest absolute Gasteiger partial charge is 0.300 e. The zero-order valence-electron chi connectivity index (χ0n) is 7.57. The van der Waals surface area contributed by atoms with E-state index in [4.69, 9.17) is 0 Å². The Hall–Kier alpha value is -1.58. The van der Waals surface area contributed by atoms with Gasteiger partial charge in [0.25, 0.3) is 0 Å². The van der Waals surface area contributed by atoms with Crippen LogP contribution in [0.3, 0.4) is 0 Å². The van der Waals surface area contributed by atoms with Crippen molar-refractivity contribution in [2.75, 3.05) is 0 Å². The van der Waals surface area contributed by atoms with E-state index in [9.17, 15) is 9.59 Å². The zero-order chi connectivity index (χ0) is 9.84. The molecule has 0 saturated heterocycles. The summed E-state index contributed by atoms with van der Waals surface area (Å²) >= 11 is 0. The Morgan fingerprint density at radius 1 is 1.31 bits per heavy atom. The highest BCUT2D eigenvalue weighted by Gasteiger charge is 2.12. The van der Waals surface area contributed by atoms with E-state index in [2.05, 4.69) is 9.97 Å². The molecule has 1 heterocycles. The summed E-state index contributed by atoms with van der Waals surface area (Å²) in [5.74, 6) is -0.423. The van der Waals surface area contributed by atoms with Crippen LogP contribution in [0.2, 0.25) is 0 Å². The van der Waals surface area contributed by atoms with Crippen LogP contribution in [-0.2, 0) is 4.79 Å². The number of nitrogens with zero attached hydrogens (tertiary/aromatic N) is 2. The number of hydrogen-bond acceptors (Lipinski definition) is 4. The summed E-state index contributed by atoms with van der Waals surface area (Å²) < 4.78 is 0. The first-order chi connectivity index (χ1) is 6.11. The maximum atomic E-state index is 11.4. The van der Waals surface area contributed by atoms with Crippen LogP contribution in [0.15, 0.2) is 12.4 Å². The van der Waals surface area contributed by atoms with Gasteiger partial charge < -0.3 is 0 Å². The maximum Gasteiger partial charge on any atom is 0.190 e. The van der Waals surface area contributed by atoms with Crippen molar-refractivity contribution in [2.24, 2.45) is 0 Å². The first-order valence-corrected chi connectivity index (χ1v) is 3.91. The molecule has 0 unspecified atom stereocenters. The van der Waals surface area contributed by atoms with Crippen molar-refractivity contribution in [3.63, 3.8) is 0 Å². The van der Waals surface area contributed by atoms with Gasteiger partial charge in [0.2, 0.25) is 0 Å². The Bertz CT molecular complexity index is 347. The molecule has 0 spiro atoms. The first kappa shape index (κ1) is 9.51. The van der Waals surface area contributed by atoms with Gasteiger partial charge in [-0.15, -0.1) is 0 Å². The molecule has 0 bridgehead atoms. The summed E-state index contributed by atoms with van der Waals surface area (Å²) in [6.45, 7) is 3.07. The molecule has 1 aromatic heterocycles. The number of Topliss-reactive ketones (excluding diaryl/α,β-unsaturated/α-hetero) is 2. The molecule has 1 rings (SSSR count). The molecule has 13 heavy (non-hydrogen) atoms. The van der Waals surface area contributed by atoms with Crippen LogP contribution >= 0.6 is 0 Å². The highest BCUT2D eigenvalue weighted by Crippen LogP contribution is 2.03. The lowest BCUT2D eigenvalue weighted by Gasteiger charge is -1.99. The Kier molecular flexibility index (Phi) is 2.84. The lowest BCUT2D eigenvalue weighted by Crippen LogP contribution is -2.09. The molecule has 4 nitrogen and oxygen atoms in total. The highest BCUT2D eigenvalue weighted by molar-refractivity contribution is 6.06. The second kappa shape index (κ2) is 3.89. The number of aromatic nitrogens is 2. The van der Waals surface area contributed by atoms with E-state index >= 15 is 0 Å². The lowest BCUT2D eigenvalue weighted by molar-refractivity contribution is -0.116. The fraction of sp³-hybridized carbons (Fsp3) is 0.333. The van der Waals surface area contributed by atoms with Gasteiger partial charge in [0, 0.05) is 12.4 Å². The number of aryl methyl sites for hydroxylation is 1. The third-order valence-corrected chi connectivity index (χ3v) is 1.55. The van der Waals surface area contributed by atoms with Crippen molar-refractivity contribution in [3.05, 3.63) is 23.8 Å². The zero-order valence-corrected chi connectivity index (χ0v) is 7.57. The number of carbonyl (C=O) groups excluding carboxylic acids is 2. The van der Waals surface area contributed by atoms with E-state index in [0.717, 1.165) is 0 Å². The summed E-state index contributed by atoms with van der Waals surface area (Å²) in [5, 5.41) is 0. The van der Waals surface area contributed by atoms with Gasteiger partial charge in [0.15, 0.2) is 5.78 Å². The first-order valence-electron chi connectivity index (χ1n) is 3.91. The van der Waals surface area contributed by atoms with Crippen LogP contribution in [0.4, 0.5) is 0 Å². The molecule has 4 heteroatoms. The van der Waals surface area contributed by atoms with Crippen LogP contribution in [0.1, 0.15) is 29.5 Å². The molecule has 1 aromatic rings. The quantitative estimate of drug-likeness (QED) is 0.510. The smallest absolute Gasteiger partial charge is 0.190 e. The van der Waals surface area contributed by atoms with Crippen LogP contribution in [0, 0.1) is 6.92 Å². The standard InChI is InChI=1S/C9H10N2O2/c1-6(12)5-8(13)9-7(2)10-3-4-11-9/h3-4H,5H2,1-2H3. The molecular weight excluding hydrogens is 168 g/mol. The minimum absolute atomic E-state index is 0.0977.